The highest BCUT2D eigenvalue weighted by molar-refractivity contribution is 5.70. The standard InChI is InChI=1S/C19H26N6O2/c1-4-14-12-15(9-8-13(14)2)20-19-21-17-16(18(26)22-19)25(24-23-17)10-6-5-7-11-27-3/h8-9,12H,4-7,10-11H2,1-3H3,(H2,20,21,22,26). The number of hydrogen-bond acceptors (Lipinski definition) is 6. The van der Waals surface area contributed by atoms with E-state index in [2.05, 4.69) is 51.6 Å². The first-order valence-corrected chi connectivity index (χ1v) is 9.31. The molecule has 3 rings (SSSR count). The number of ether oxygens (including phenoxy) is 1. The molecule has 3 aromatic rings. The van der Waals surface area contributed by atoms with Crippen molar-refractivity contribution in [1.82, 2.24) is 25.0 Å². The van der Waals surface area contributed by atoms with Crippen LogP contribution in [-0.2, 0) is 17.7 Å². The van der Waals surface area contributed by atoms with Gasteiger partial charge in [-0.05, 0) is 55.9 Å². The van der Waals surface area contributed by atoms with Gasteiger partial charge in [-0.3, -0.25) is 9.78 Å². The Balaban J connectivity index is 1.76. The van der Waals surface area contributed by atoms with Gasteiger partial charge < -0.3 is 10.1 Å². The molecule has 1 aromatic carbocycles. The van der Waals surface area contributed by atoms with Gasteiger partial charge in [0.2, 0.25) is 11.6 Å². The van der Waals surface area contributed by atoms with Crippen LogP contribution in [0.25, 0.3) is 11.2 Å². The Morgan fingerprint density at radius 2 is 2.11 bits per heavy atom. The van der Waals surface area contributed by atoms with E-state index in [1.807, 2.05) is 6.07 Å². The fourth-order valence-corrected chi connectivity index (χ4v) is 3.07. The molecule has 2 aromatic heterocycles. The molecule has 0 aliphatic heterocycles. The lowest BCUT2D eigenvalue weighted by atomic mass is 10.1. The fourth-order valence-electron chi connectivity index (χ4n) is 3.07. The minimum atomic E-state index is -0.243. The predicted molar refractivity (Wildman–Crippen MR) is 106 cm³/mol. The van der Waals surface area contributed by atoms with Crippen LogP contribution < -0.4 is 10.9 Å². The van der Waals surface area contributed by atoms with Gasteiger partial charge in [0.15, 0.2) is 5.52 Å². The third kappa shape index (κ3) is 4.51. The second kappa shape index (κ2) is 8.77. The average molecular weight is 370 g/mol. The van der Waals surface area contributed by atoms with E-state index in [0.717, 1.165) is 38.0 Å². The lowest BCUT2D eigenvalue weighted by Gasteiger charge is -2.09. The summed E-state index contributed by atoms with van der Waals surface area (Å²) in [6.45, 7) is 5.58. The number of aromatic amines is 1. The van der Waals surface area contributed by atoms with Crippen molar-refractivity contribution in [3.8, 4) is 0 Å². The normalized spacial score (nSPS) is 11.2. The van der Waals surface area contributed by atoms with Gasteiger partial charge >= 0.3 is 0 Å². The van der Waals surface area contributed by atoms with Gasteiger partial charge in [-0.2, -0.15) is 4.98 Å². The van der Waals surface area contributed by atoms with Crippen molar-refractivity contribution < 1.29 is 4.74 Å². The number of aromatic nitrogens is 5. The highest BCUT2D eigenvalue weighted by Gasteiger charge is 2.12. The van der Waals surface area contributed by atoms with Crippen LogP contribution in [0.4, 0.5) is 11.6 Å². The molecule has 0 unspecified atom stereocenters. The summed E-state index contributed by atoms with van der Waals surface area (Å²) in [5.74, 6) is 0.366. The lowest BCUT2D eigenvalue weighted by Crippen LogP contribution is -2.15. The number of nitrogens with zero attached hydrogens (tertiary/aromatic N) is 4. The lowest BCUT2D eigenvalue weighted by molar-refractivity contribution is 0.191. The molecule has 144 valence electrons. The van der Waals surface area contributed by atoms with Crippen LogP contribution in [-0.4, -0.2) is 38.7 Å². The Morgan fingerprint density at radius 1 is 1.26 bits per heavy atom. The fraction of sp³-hybridized carbons (Fsp3) is 0.474. The van der Waals surface area contributed by atoms with E-state index >= 15 is 0 Å². The second-order valence-electron chi connectivity index (χ2n) is 6.57. The summed E-state index contributed by atoms with van der Waals surface area (Å²) in [6.07, 6.45) is 3.85. The maximum absolute atomic E-state index is 12.5. The molecule has 0 saturated heterocycles. The van der Waals surface area contributed by atoms with Crippen molar-refractivity contribution in [2.45, 2.75) is 46.1 Å². The summed E-state index contributed by atoms with van der Waals surface area (Å²) in [4.78, 5) is 19.7. The van der Waals surface area contributed by atoms with Crippen molar-refractivity contribution in [3.63, 3.8) is 0 Å². The number of aryl methyl sites for hydroxylation is 3. The van der Waals surface area contributed by atoms with Gasteiger partial charge in [-0.15, -0.1) is 5.10 Å². The number of methoxy groups -OCH3 is 1. The predicted octanol–water partition coefficient (Wildman–Crippen LogP) is 2.95. The summed E-state index contributed by atoms with van der Waals surface area (Å²) < 4.78 is 6.67. The quantitative estimate of drug-likeness (QED) is 0.562. The zero-order valence-corrected chi connectivity index (χ0v) is 16.1. The molecule has 8 heteroatoms. The highest BCUT2D eigenvalue weighted by atomic mass is 16.5. The molecule has 0 aliphatic carbocycles. The number of hydrogen-bond donors (Lipinski definition) is 2. The van der Waals surface area contributed by atoms with Gasteiger partial charge in [-0.1, -0.05) is 18.2 Å². The summed E-state index contributed by atoms with van der Waals surface area (Å²) in [5, 5.41) is 11.3. The van der Waals surface area contributed by atoms with Gasteiger partial charge in [0.05, 0.1) is 0 Å². The van der Waals surface area contributed by atoms with Crippen LogP contribution in [0.15, 0.2) is 23.0 Å². The van der Waals surface area contributed by atoms with Gasteiger partial charge in [-0.25, -0.2) is 4.68 Å². The minimum Gasteiger partial charge on any atom is -0.385 e. The smallest absolute Gasteiger partial charge is 0.280 e. The number of fused-ring (bicyclic) bond motifs is 1. The molecule has 0 fully saturated rings. The second-order valence-corrected chi connectivity index (χ2v) is 6.57. The summed E-state index contributed by atoms with van der Waals surface area (Å²) in [6, 6.07) is 6.09. The van der Waals surface area contributed by atoms with E-state index in [-0.39, 0.29) is 5.56 Å². The van der Waals surface area contributed by atoms with E-state index in [9.17, 15) is 4.79 Å². The Morgan fingerprint density at radius 3 is 2.89 bits per heavy atom. The Hall–Kier alpha value is -2.74. The number of H-pyrrole nitrogens is 1. The molecular formula is C19H26N6O2. The van der Waals surface area contributed by atoms with Crippen LogP contribution >= 0.6 is 0 Å². The Labute approximate surface area is 158 Å². The molecule has 8 nitrogen and oxygen atoms in total. The largest absolute Gasteiger partial charge is 0.385 e. The van der Waals surface area contributed by atoms with E-state index in [0.29, 0.717) is 23.7 Å². The molecule has 0 spiro atoms. The van der Waals surface area contributed by atoms with Crippen LogP contribution in [0, 0.1) is 6.92 Å². The van der Waals surface area contributed by atoms with E-state index in [4.69, 9.17) is 4.74 Å². The van der Waals surface area contributed by atoms with Crippen LogP contribution in [0.1, 0.15) is 37.3 Å². The zero-order valence-electron chi connectivity index (χ0n) is 16.1. The molecule has 0 aliphatic rings. The molecule has 0 atom stereocenters. The maximum atomic E-state index is 12.5. The third-order valence-electron chi connectivity index (χ3n) is 4.59. The molecule has 2 heterocycles. The van der Waals surface area contributed by atoms with E-state index < -0.39 is 0 Å². The van der Waals surface area contributed by atoms with Crippen LogP contribution in [0.5, 0.6) is 0 Å². The summed E-state index contributed by atoms with van der Waals surface area (Å²) in [5.41, 5.74) is 3.89. The average Bonchev–Trinajstić information content (AvgIpc) is 3.06. The monoisotopic (exact) mass is 370 g/mol. The molecule has 0 radical (unpaired) electrons. The van der Waals surface area contributed by atoms with Crippen molar-refractivity contribution in [2.75, 3.05) is 19.0 Å². The molecule has 2 N–H and O–H groups in total. The first-order chi connectivity index (χ1) is 13.1. The number of anilines is 2. The highest BCUT2D eigenvalue weighted by Crippen LogP contribution is 2.18. The minimum absolute atomic E-state index is 0.243. The maximum Gasteiger partial charge on any atom is 0.280 e. The number of rotatable bonds is 9. The molecule has 0 amide bonds. The molecule has 0 saturated carbocycles. The number of nitrogens with one attached hydrogen (secondary N) is 2. The van der Waals surface area contributed by atoms with Gasteiger partial charge in [0, 0.05) is 25.9 Å². The zero-order chi connectivity index (χ0) is 19.2. The van der Waals surface area contributed by atoms with Gasteiger partial charge in [0.25, 0.3) is 5.56 Å². The number of benzene rings is 1. The first kappa shape index (κ1) is 19.0. The molecule has 27 heavy (non-hydrogen) atoms. The van der Waals surface area contributed by atoms with Crippen LogP contribution in [0.2, 0.25) is 0 Å². The van der Waals surface area contributed by atoms with E-state index in [1.165, 1.54) is 11.1 Å². The summed E-state index contributed by atoms with van der Waals surface area (Å²) in [7, 11) is 1.70. The Bertz CT molecular complexity index is 962. The van der Waals surface area contributed by atoms with Crippen molar-refractivity contribution >= 4 is 22.8 Å². The van der Waals surface area contributed by atoms with Crippen LogP contribution in [0.3, 0.4) is 0 Å². The summed E-state index contributed by atoms with van der Waals surface area (Å²) >= 11 is 0. The topological polar surface area (TPSA) is 97.7 Å². The van der Waals surface area contributed by atoms with Crippen molar-refractivity contribution in [1.29, 1.82) is 0 Å². The third-order valence-corrected chi connectivity index (χ3v) is 4.59. The van der Waals surface area contributed by atoms with E-state index in [1.54, 1.807) is 11.8 Å². The molecular weight excluding hydrogens is 344 g/mol. The van der Waals surface area contributed by atoms with Gasteiger partial charge in [0.1, 0.15) is 0 Å². The molecule has 0 bridgehead atoms. The van der Waals surface area contributed by atoms with Crippen molar-refractivity contribution in [2.24, 2.45) is 0 Å². The number of unbranched alkanes of at least 4 members (excludes halogenated alkanes) is 2. The first-order valence-electron chi connectivity index (χ1n) is 9.31. The SMILES string of the molecule is CCc1cc(Nc2nc3nnn(CCCCCOC)c3c(=O)[nH]2)ccc1C. The van der Waals surface area contributed by atoms with Crippen molar-refractivity contribution in [3.05, 3.63) is 39.7 Å². The Kier molecular flexibility index (Phi) is 6.18.